The summed E-state index contributed by atoms with van der Waals surface area (Å²) in [5, 5.41) is 0. The first-order valence-electron chi connectivity index (χ1n) is 9.19. The van der Waals surface area contributed by atoms with Crippen LogP contribution in [-0.2, 0) is 6.54 Å². The van der Waals surface area contributed by atoms with Crippen LogP contribution < -0.4 is 9.64 Å². The Morgan fingerprint density at radius 3 is 2.33 bits per heavy atom. The zero-order valence-corrected chi connectivity index (χ0v) is 16.4. The molecule has 2 rings (SSSR count). The lowest BCUT2D eigenvalue weighted by Crippen LogP contribution is -2.42. The molecule has 0 aliphatic carbocycles. The Kier molecular flexibility index (Phi) is 6.93. The minimum Gasteiger partial charge on any atom is -0.496 e. The Hall–Kier alpha value is -1.26. The smallest absolute Gasteiger partial charge is 0.125 e. The molecular formula is C20H35N3O. The fraction of sp³-hybridized carbons (Fsp3) is 0.700. The average Bonchev–Trinajstić information content (AvgIpc) is 2.56. The predicted molar refractivity (Wildman–Crippen MR) is 103 cm³/mol. The maximum Gasteiger partial charge on any atom is 0.125 e. The van der Waals surface area contributed by atoms with Gasteiger partial charge < -0.3 is 14.5 Å². The average molecular weight is 334 g/mol. The van der Waals surface area contributed by atoms with Crippen molar-refractivity contribution in [1.29, 1.82) is 0 Å². The standard InChI is InChI=1S/C20H35N3O/c1-7-18(21(2)3)16-11-13-23(14-12-16)15-17-19(22(4)5)9-8-10-20(17)24-6/h8-10,16,18H,7,11-15H2,1-6H3. The highest BCUT2D eigenvalue weighted by atomic mass is 16.5. The number of rotatable bonds is 7. The molecule has 0 N–H and O–H groups in total. The van der Waals surface area contributed by atoms with Crippen molar-refractivity contribution in [1.82, 2.24) is 9.80 Å². The van der Waals surface area contributed by atoms with Gasteiger partial charge in [-0.15, -0.1) is 0 Å². The molecule has 136 valence electrons. The van der Waals surface area contributed by atoms with Gasteiger partial charge >= 0.3 is 0 Å². The lowest BCUT2D eigenvalue weighted by Gasteiger charge is -2.39. The SMILES string of the molecule is CCC(C1CCN(Cc2c(OC)cccc2N(C)C)CC1)N(C)C. The highest BCUT2D eigenvalue weighted by Gasteiger charge is 2.27. The molecule has 1 aromatic carbocycles. The summed E-state index contributed by atoms with van der Waals surface area (Å²) in [6.07, 6.45) is 3.83. The van der Waals surface area contributed by atoms with Gasteiger partial charge in [-0.3, -0.25) is 4.90 Å². The minimum atomic E-state index is 0.718. The fourth-order valence-corrected chi connectivity index (χ4v) is 4.16. The lowest BCUT2D eigenvalue weighted by molar-refractivity contribution is 0.110. The van der Waals surface area contributed by atoms with Crippen LogP contribution in [0.4, 0.5) is 5.69 Å². The summed E-state index contributed by atoms with van der Waals surface area (Å²) in [6, 6.07) is 7.06. The van der Waals surface area contributed by atoms with E-state index in [4.69, 9.17) is 4.74 Å². The normalized spacial score (nSPS) is 18.0. The van der Waals surface area contributed by atoms with E-state index in [2.05, 4.69) is 68.0 Å². The predicted octanol–water partition coefficient (Wildman–Crippen LogP) is 3.31. The first-order valence-corrected chi connectivity index (χ1v) is 9.19. The third kappa shape index (κ3) is 4.42. The van der Waals surface area contributed by atoms with E-state index in [0.29, 0.717) is 0 Å². The van der Waals surface area contributed by atoms with Crippen LogP contribution in [-0.4, -0.2) is 64.2 Å². The van der Waals surface area contributed by atoms with E-state index in [0.717, 1.165) is 24.3 Å². The van der Waals surface area contributed by atoms with Gasteiger partial charge in [0.05, 0.1) is 7.11 Å². The molecule has 0 amide bonds. The molecule has 0 bridgehead atoms. The summed E-state index contributed by atoms with van der Waals surface area (Å²) < 4.78 is 5.63. The second kappa shape index (κ2) is 8.72. The summed E-state index contributed by atoms with van der Waals surface area (Å²) in [4.78, 5) is 7.18. The molecular weight excluding hydrogens is 298 g/mol. The third-order valence-corrected chi connectivity index (χ3v) is 5.45. The maximum atomic E-state index is 5.63. The van der Waals surface area contributed by atoms with Crippen molar-refractivity contribution in [2.24, 2.45) is 5.92 Å². The number of anilines is 1. The first-order chi connectivity index (χ1) is 11.5. The number of ether oxygens (including phenoxy) is 1. The van der Waals surface area contributed by atoms with E-state index in [1.54, 1.807) is 7.11 Å². The number of benzene rings is 1. The van der Waals surface area contributed by atoms with Crippen LogP contribution in [0.1, 0.15) is 31.7 Å². The van der Waals surface area contributed by atoms with E-state index in [9.17, 15) is 0 Å². The van der Waals surface area contributed by atoms with Gasteiger partial charge in [0.25, 0.3) is 0 Å². The summed E-state index contributed by atoms with van der Waals surface area (Å²) in [5.41, 5.74) is 2.57. The molecule has 24 heavy (non-hydrogen) atoms. The van der Waals surface area contributed by atoms with Gasteiger partial charge in [0.15, 0.2) is 0 Å². The largest absolute Gasteiger partial charge is 0.496 e. The highest BCUT2D eigenvalue weighted by Crippen LogP contribution is 2.32. The molecule has 1 saturated heterocycles. The van der Waals surface area contributed by atoms with Gasteiger partial charge in [-0.05, 0) is 64.5 Å². The van der Waals surface area contributed by atoms with Crippen LogP contribution >= 0.6 is 0 Å². The number of likely N-dealkylation sites (tertiary alicyclic amines) is 1. The summed E-state index contributed by atoms with van der Waals surface area (Å²) in [5.74, 6) is 1.83. The van der Waals surface area contributed by atoms with Crippen molar-refractivity contribution in [2.75, 3.05) is 53.3 Å². The molecule has 0 aromatic heterocycles. The molecule has 1 unspecified atom stereocenters. The Bertz CT molecular complexity index is 508. The molecule has 1 aliphatic heterocycles. The van der Waals surface area contributed by atoms with Crippen molar-refractivity contribution < 1.29 is 4.74 Å². The molecule has 0 spiro atoms. The molecule has 1 aromatic rings. The second-order valence-corrected chi connectivity index (χ2v) is 7.41. The topological polar surface area (TPSA) is 19.0 Å². The van der Waals surface area contributed by atoms with Crippen LogP contribution in [0, 0.1) is 5.92 Å². The Balaban J connectivity index is 2.04. The Morgan fingerprint density at radius 2 is 1.83 bits per heavy atom. The van der Waals surface area contributed by atoms with E-state index in [-0.39, 0.29) is 0 Å². The fourth-order valence-electron chi connectivity index (χ4n) is 4.16. The van der Waals surface area contributed by atoms with Crippen LogP contribution in [0.5, 0.6) is 5.75 Å². The van der Waals surface area contributed by atoms with Crippen molar-refractivity contribution >= 4 is 5.69 Å². The molecule has 0 radical (unpaired) electrons. The summed E-state index contributed by atoms with van der Waals surface area (Å²) >= 11 is 0. The molecule has 4 nitrogen and oxygen atoms in total. The van der Waals surface area contributed by atoms with Gasteiger partial charge in [0.2, 0.25) is 0 Å². The highest BCUT2D eigenvalue weighted by molar-refractivity contribution is 5.58. The number of piperidine rings is 1. The molecule has 1 atom stereocenters. The van der Waals surface area contributed by atoms with Gasteiger partial charge in [-0.2, -0.15) is 0 Å². The molecule has 1 aliphatic rings. The van der Waals surface area contributed by atoms with Crippen molar-refractivity contribution in [3.63, 3.8) is 0 Å². The zero-order valence-electron chi connectivity index (χ0n) is 16.4. The van der Waals surface area contributed by atoms with Crippen molar-refractivity contribution in [3.05, 3.63) is 23.8 Å². The molecule has 0 saturated carbocycles. The van der Waals surface area contributed by atoms with Crippen LogP contribution in [0.3, 0.4) is 0 Å². The minimum absolute atomic E-state index is 0.718. The Labute approximate surface area is 148 Å². The third-order valence-electron chi connectivity index (χ3n) is 5.45. The van der Waals surface area contributed by atoms with E-state index in [1.807, 2.05) is 0 Å². The number of hydrogen-bond donors (Lipinski definition) is 0. The van der Waals surface area contributed by atoms with Gasteiger partial charge in [0.1, 0.15) is 5.75 Å². The maximum absolute atomic E-state index is 5.63. The first kappa shape index (κ1) is 19.1. The number of methoxy groups -OCH3 is 1. The van der Waals surface area contributed by atoms with Gasteiger partial charge in [-0.25, -0.2) is 0 Å². The summed E-state index contributed by atoms with van der Waals surface area (Å²) in [6.45, 7) is 5.65. The van der Waals surface area contributed by atoms with E-state index in [1.165, 1.54) is 43.6 Å². The monoisotopic (exact) mass is 333 g/mol. The van der Waals surface area contributed by atoms with Crippen molar-refractivity contribution in [3.8, 4) is 5.75 Å². The van der Waals surface area contributed by atoms with Crippen molar-refractivity contribution in [2.45, 2.75) is 38.8 Å². The molecule has 1 heterocycles. The molecule has 1 fully saturated rings. The second-order valence-electron chi connectivity index (χ2n) is 7.41. The lowest BCUT2D eigenvalue weighted by atomic mass is 9.87. The quantitative estimate of drug-likeness (QED) is 0.762. The summed E-state index contributed by atoms with van der Waals surface area (Å²) in [7, 11) is 10.4. The van der Waals surface area contributed by atoms with E-state index < -0.39 is 0 Å². The van der Waals surface area contributed by atoms with Crippen LogP contribution in [0.2, 0.25) is 0 Å². The van der Waals surface area contributed by atoms with Gasteiger partial charge in [-0.1, -0.05) is 13.0 Å². The van der Waals surface area contributed by atoms with E-state index >= 15 is 0 Å². The Morgan fingerprint density at radius 1 is 1.17 bits per heavy atom. The molecule has 4 heteroatoms. The number of nitrogens with zero attached hydrogens (tertiary/aromatic N) is 3. The van der Waals surface area contributed by atoms with Crippen LogP contribution in [0.15, 0.2) is 18.2 Å². The van der Waals surface area contributed by atoms with Crippen LogP contribution in [0.25, 0.3) is 0 Å². The zero-order chi connectivity index (χ0) is 17.7. The van der Waals surface area contributed by atoms with Gasteiger partial charge in [0, 0.05) is 37.9 Å². The number of hydrogen-bond acceptors (Lipinski definition) is 4.